The summed E-state index contributed by atoms with van der Waals surface area (Å²) >= 11 is 1.38. The number of aromatic nitrogens is 3. The summed E-state index contributed by atoms with van der Waals surface area (Å²) in [7, 11) is 0. The van der Waals surface area contributed by atoms with E-state index in [2.05, 4.69) is 48.4 Å². The Morgan fingerprint density at radius 3 is 2.64 bits per heavy atom. The SMILES string of the molecule is Cc1cccc(-n2c(C)nnc2SCC(=O)N[C@H](c2ccc3c(c2)OCCCO3)C(C)C)c1. The number of benzene rings is 2. The van der Waals surface area contributed by atoms with Gasteiger partial charge >= 0.3 is 0 Å². The number of carbonyl (C=O) groups is 1. The van der Waals surface area contributed by atoms with Gasteiger partial charge in [-0.15, -0.1) is 10.2 Å². The molecule has 0 saturated heterocycles. The molecule has 174 valence electrons. The van der Waals surface area contributed by atoms with Crippen molar-refractivity contribution in [2.24, 2.45) is 5.92 Å². The van der Waals surface area contributed by atoms with Crippen molar-refractivity contribution >= 4 is 17.7 Å². The fraction of sp³-hybridized carbons (Fsp3) is 0.400. The highest BCUT2D eigenvalue weighted by Gasteiger charge is 2.22. The van der Waals surface area contributed by atoms with E-state index in [0.717, 1.165) is 40.6 Å². The van der Waals surface area contributed by atoms with Gasteiger partial charge in [0.05, 0.1) is 25.0 Å². The Morgan fingerprint density at radius 2 is 1.88 bits per heavy atom. The van der Waals surface area contributed by atoms with E-state index in [1.54, 1.807) is 0 Å². The number of nitrogens with one attached hydrogen (secondary N) is 1. The molecule has 1 amide bonds. The highest BCUT2D eigenvalue weighted by molar-refractivity contribution is 7.99. The maximum atomic E-state index is 12.9. The van der Waals surface area contributed by atoms with Crippen LogP contribution in [-0.4, -0.2) is 39.6 Å². The van der Waals surface area contributed by atoms with Crippen molar-refractivity contribution in [1.82, 2.24) is 20.1 Å². The fourth-order valence-electron chi connectivity index (χ4n) is 3.85. The first kappa shape index (κ1) is 23.2. The minimum atomic E-state index is -0.133. The van der Waals surface area contributed by atoms with Gasteiger partial charge in [-0.25, -0.2) is 0 Å². The lowest BCUT2D eigenvalue weighted by Crippen LogP contribution is -2.33. The smallest absolute Gasteiger partial charge is 0.230 e. The quantitative estimate of drug-likeness (QED) is 0.511. The summed E-state index contributed by atoms with van der Waals surface area (Å²) in [6, 6.07) is 13.9. The highest BCUT2D eigenvalue weighted by Crippen LogP contribution is 2.34. The molecule has 0 bridgehead atoms. The molecule has 2 heterocycles. The lowest BCUT2D eigenvalue weighted by molar-refractivity contribution is -0.119. The van der Waals surface area contributed by atoms with Crippen LogP contribution in [0.5, 0.6) is 11.5 Å². The lowest BCUT2D eigenvalue weighted by Gasteiger charge is -2.24. The van der Waals surface area contributed by atoms with Gasteiger partial charge in [-0.3, -0.25) is 9.36 Å². The van der Waals surface area contributed by atoms with Crippen LogP contribution < -0.4 is 14.8 Å². The molecule has 1 N–H and O–H groups in total. The van der Waals surface area contributed by atoms with Crippen LogP contribution in [0.4, 0.5) is 0 Å². The monoisotopic (exact) mass is 466 g/mol. The second kappa shape index (κ2) is 10.3. The minimum absolute atomic E-state index is 0.0535. The van der Waals surface area contributed by atoms with E-state index < -0.39 is 0 Å². The topological polar surface area (TPSA) is 78.3 Å². The summed E-state index contributed by atoms with van der Waals surface area (Å²) in [5.41, 5.74) is 3.16. The fourth-order valence-corrected chi connectivity index (χ4v) is 4.66. The normalized spacial score (nSPS) is 14.1. The van der Waals surface area contributed by atoms with E-state index in [9.17, 15) is 4.79 Å². The predicted octanol–water partition coefficient (Wildman–Crippen LogP) is 4.65. The van der Waals surface area contributed by atoms with Gasteiger partial charge in [0.25, 0.3) is 0 Å². The second-order valence-corrected chi connectivity index (χ2v) is 9.48. The molecular formula is C25H30N4O3S. The molecule has 2 aromatic carbocycles. The van der Waals surface area contributed by atoms with E-state index in [0.29, 0.717) is 18.4 Å². The van der Waals surface area contributed by atoms with Crippen molar-refractivity contribution in [2.75, 3.05) is 19.0 Å². The molecule has 7 nitrogen and oxygen atoms in total. The molecule has 1 aliphatic rings. The molecule has 1 atom stereocenters. The van der Waals surface area contributed by atoms with Crippen LogP contribution in [0.1, 0.15) is 43.3 Å². The molecule has 8 heteroatoms. The van der Waals surface area contributed by atoms with Gasteiger partial charge < -0.3 is 14.8 Å². The number of carbonyl (C=O) groups excluding carboxylic acids is 1. The zero-order valence-corrected chi connectivity index (χ0v) is 20.3. The second-order valence-electron chi connectivity index (χ2n) is 8.54. The Balaban J connectivity index is 1.46. The van der Waals surface area contributed by atoms with Crippen LogP contribution in [0.2, 0.25) is 0 Å². The molecule has 1 aliphatic heterocycles. The highest BCUT2D eigenvalue weighted by atomic mass is 32.2. The first-order chi connectivity index (χ1) is 15.9. The van der Waals surface area contributed by atoms with Crippen LogP contribution in [0, 0.1) is 19.8 Å². The van der Waals surface area contributed by atoms with E-state index in [4.69, 9.17) is 9.47 Å². The molecule has 33 heavy (non-hydrogen) atoms. The Hall–Kier alpha value is -3.00. The molecule has 0 saturated carbocycles. The molecule has 0 aliphatic carbocycles. The molecule has 1 aromatic heterocycles. The Kier molecular flexibility index (Phi) is 7.23. The molecule has 0 radical (unpaired) electrons. The summed E-state index contributed by atoms with van der Waals surface area (Å²) in [4.78, 5) is 12.9. The molecule has 0 unspecified atom stereocenters. The van der Waals surface area contributed by atoms with Crippen LogP contribution >= 0.6 is 11.8 Å². The van der Waals surface area contributed by atoms with Crippen molar-refractivity contribution in [3.8, 4) is 17.2 Å². The van der Waals surface area contributed by atoms with Crippen LogP contribution in [-0.2, 0) is 4.79 Å². The summed E-state index contributed by atoms with van der Waals surface area (Å²) in [6.45, 7) is 9.44. The summed E-state index contributed by atoms with van der Waals surface area (Å²) in [5, 5.41) is 12.4. The zero-order valence-electron chi connectivity index (χ0n) is 19.5. The van der Waals surface area contributed by atoms with Crippen molar-refractivity contribution in [3.05, 3.63) is 59.4 Å². The summed E-state index contributed by atoms with van der Waals surface area (Å²) in [5.74, 6) is 2.69. The average Bonchev–Trinajstić information content (AvgIpc) is 3.00. The van der Waals surface area contributed by atoms with E-state index in [1.807, 2.05) is 41.8 Å². The largest absolute Gasteiger partial charge is 0.490 e. The van der Waals surface area contributed by atoms with Gasteiger partial charge in [-0.1, -0.05) is 43.8 Å². The van der Waals surface area contributed by atoms with E-state index in [-0.39, 0.29) is 23.6 Å². The number of amides is 1. The molecule has 3 aromatic rings. The van der Waals surface area contributed by atoms with Gasteiger partial charge in [0.15, 0.2) is 16.7 Å². The van der Waals surface area contributed by atoms with Gasteiger partial charge in [-0.05, 0) is 55.2 Å². The molecule has 4 rings (SSSR count). The van der Waals surface area contributed by atoms with Crippen LogP contribution in [0.15, 0.2) is 47.6 Å². The number of aryl methyl sites for hydroxylation is 2. The number of hydrogen-bond acceptors (Lipinski definition) is 6. The number of rotatable bonds is 7. The summed E-state index contributed by atoms with van der Waals surface area (Å²) in [6.07, 6.45) is 0.859. The first-order valence-electron chi connectivity index (χ1n) is 11.2. The molecule has 0 fully saturated rings. The number of hydrogen-bond donors (Lipinski definition) is 1. The predicted molar refractivity (Wildman–Crippen MR) is 129 cm³/mol. The number of ether oxygens (including phenoxy) is 2. The summed E-state index contributed by atoms with van der Waals surface area (Å²) < 4.78 is 13.6. The minimum Gasteiger partial charge on any atom is -0.490 e. The lowest BCUT2D eigenvalue weighted by atomic mass is 9.95. The van der Waals surface area contributed by atoms with Gasteiger partial charge in [0.2, 0.25) is 5.91 Å². The number of fused-ring (bicyclic) bond motifs is 1. The van der Waals surface area contributed by atoms with E-state index in [1.165, 1.54) is 11.8 Å². The maximum Gasteiger partial charge on any atom is 0.230 e. The van der Waals surface area contributed by atoms with Crippen LogP contribution in [0.25, 0.3) is 5.69 Å². The zero-order chi connectivity index (χ0) is 23.4. The number of thioether (sulfide) groups is 1. The molecular weight excluding hydrogens is 436 g/mol. The third kappa shape index (κ3) is 5.50. The van der Waals surface area contributed by atoms with E-state index >= 15 is 0 Å². The first-order valence-corrected chi connectivity index (χ1v) is 12.2. The average molecular weight is 467 g/mol. The van der Waals surface area contributed by atoms with Crippen LogP contribution in [0.3, 0.4) is 0 Å². The Morgan fingerprint density at radius 1 is 1.09 bits per heavy atom. The van der Waals surface area contributed by atoms with Crippen molar-refractivity contribution in [3.63, 3.8) is 0 Å². The molecule has 0 spiro atoms. The Bertz CT molecular complexity index is 1130. The van der Waals surface area contributed by atoms with Gasteiger partial charge in [-0.2, -0.15) is 0 Å². The van der Waals surface area contributed by atoms with Gasteiger partial charge in [0, 0.05) is 12.1 Å². The maximum absolute atomic E-state index is 12.9. The standard InChI is InChI=1S/C25H30N4O3S/c1-16(2)24(19-9-10-21-22(14-19)32-12-6-11-31-21)26-23(30)15-33-25-28-27-18(4)29(25)20-8-5-7-17(3)13-20/h5,7-10,13-14,16,24H,6,11-12,15H2,1-4H3,(H,26,30)/t24-/m0/s1. The van der Waals surface area contributed by atoms with Crippen molar-refractivity contribution in [2.45, 2.75) is 45.3 Å². The van der Waals surface area contributed by atoms with Crippen molar-refractivity contribution < 1.29 is 14.3 Å². The Labute approximate surface area is 198 Å². The third-order valence-corrected chi connectivity index (χ3v) is 6.43. The van der Waals surface area contributed by atoms with Gasteiger partial charge in [0.1, 0.15) is 5.82 Å². The van der Waals surface area contributed by atoms with Crippen molar-refractivity contribution in [1.29, 1.82) is 0 Å². The third-order valence-electron chi connectivity index (χ3n) is 5.50. The number of nitrogens with zero attached hydrogens (tertiary/aromatic N) is 3.